The number of hydrogen-bond donors (Lipinski definition) is 21. The second kappa shape index (κ2) is 55.3. The highest BCUT2D eigenvalue weighted by Crippen LogP contribution is 2.23. The number of benzene rings is 4. The number of para-hydroxylation sites is 1. The fraction of sp³-hybridized carbons (Fsp3) is 0.517. The standard InChI is InChI=1S/C89H128N20O18/c1-5-6-7-8-9-10-11-12-13-14-15-16-20-32-78(116)99-68(88(126)127)41-42-77(115)94-43-24-23-30-66(100-83(121)71(98-56(4)111)48-59-35-39-63(113)40-36-59)82(120)104-72(49-60-51-96-65-29-22-21-28-64(60)65)84(122)105-73(50-76(90)114)85(123)106-74(54-110)86(124)103-70(47-57-26-18-17-19-27-57)80(118)97-52-61-53-109(108-107-61)75(45-55(2)3)87(125)101-67(31-25-44-95-89(92)93)81(119)102-69(79(91)117)46-58-33-37-62(112)38-34-58/h17-19,21-22,26-29,33-40,51,53,55,66-75,96,110,112-113H,5-16,20,23-25,30-32,41-50,52,54H2,1-4H3,(H2,90,114)(H2,91,117)(H,94,115)(H,97,118)(H,98,111)(H,99,116)(H,100,121)(H,101,125)(H,102,119)(H,103,124)(H,104,120)(H,105,122)(H,106,123)(H,126,127)(H4,92,93,95)/t66-,67-,68-,69-,70-,71-,72-,73-,74-,75-/m0/s1. The molecule has 0 aliphatic rings. The number of aromatic nitrogens is 4. The van der Waals surface area contributed by atoms with Crippen LogP contribution in [-0.4, -0.2) is 203 Å². The van der Waals surface area contributed by atoms with Gasteiger partial charge in [0.15, 0.2) is 5.96 Å². The van der Waals surface area contributed by atoms with E-state index in [2.05, 4.69) is 86.0 Å². The summed E-state index contributed by atoms with van der Waals surface area (Å²) in [6.45, 7) is 5.74. The van der Waals surface area contributed by atoms with Gasteiger partial charge in [0.2, 0.25) is 76.8 Å². The number of guanidine groups is 1. The van der Waals surface area contributed by atoms with Gasteiger partial charge in [0.1, 0.15) is 77.6 Å². The van der Waals surface area contributed by atoms with Crippen LogP contribution in [0.4, 0.5) is 0 Å². The molecule has 127 heavy (non-hydrogen) atoms. The Morgan fingerprint density at radius 2 is 0.945 bits per heavy atom. The van der Waals surface area contributed by atoms with Crippen molar-refractivity contribution in [2.75, 3.05) is 19.7 Å². The van der Waals surface area contributed by atoms with Crippen molar-refractivity contribution in [2.45, 2.75) is 268 Å². The number of nitrogens with one attached hydrogen (secondary N) is 14. The molecule has 0 fully saturated rings. The Bertz CT molecular complexity index is 4560. The molecule has 0 spiro atoms. The number of aromatic amines is 1. The molecule has 24 N–H and O–H groups in total. The molecular weight excluding hydrogens is 1640 g/mol. The summed E-state index contributed by atoms with van der Waals surface area (Å²) in [6.07, 6.45) is 16.1. The van der Waals surface area contributed by atoms with Crippen LogP contribution < -0.4 is 81.0 Å². The van der Waals surface area contributed by atoms with E-state index in [9.17, 15) is 78.0 Å². The quantitative estimate of drug-likeness (QED) is 0.0148. The van der Waals surface area contributed by atoms with Crippen molar-refractivity contribution in [3.8, 4) is 11.5 Å². The largest absolute Gasteiger partial charge is 0.508 e. The Morgan fingerprint density at radius 1 is 0.465 bits per heavy atom. The van der Waals surface area contributed by atoms with Gasteiger partial charge in [0.25, 0.3) is 0 Å². The van der Waals surface area contributed by atoms with Gasteiger partial charge < -0.3 is 106 Å². The average molecular weight is 1770 g/mol. The van der Waals surface area contributed by atoms with Crippen molar-refractivity contribution in [3.63, 3.8) is 0 Å². The van der Waals surface area contributed by atoms with Crippen molar-refractivity contribution < 1.29 is 87.5 Å². The van der Waals surface area contributed by atoms with Crippen molar-refractivity contribution in [3.05, 3.63) is 143 Å². The minimum Gasteiger partial charge on any atom is -0.508 e. The molecule has 0 saturated heterocycles. The highest BCUT2D eigenvalue weighted by atomic mass is 16.4. The van der Waals surface area contributed by atoms with Crippen molar-refractivity contribution in [1.29, 1.82) is 5.41 Å². The Balaban J connectivity index is 1.15. The smallest absolute Gasteiger partial charge is 0.326 e. The number of carboxylic acids is 1. The molecule has 2 aromatic heterocycles. The van der Waals surface area contributed by atoms with Gasteiger partial charge in [-0.15, -0.1) is 5.10 Å². The second-order valence-electron chi connectivity index (χ2n) is 32.3. The first-order chi connectivity index (χ1) is 60.8. The monoisotopic (exact) mass is 1760 g/mol. The number of nitrogens with two attached hydrogens (primary N) is 3. The van der Waals surface area contributed by atoms with Gasteiger partial charge in [-0.1, -0.05) is 176 Å². The zero-order chi connectivity index (χ0) is 92.7. The van der Waals surface area contributed by atoms with Crippen LogP contribution in [0.25, 0.3) is 10.9 Å². The molecule has 2 heterocycles. The molecule has 6 rings (SSSR count). The number of nitrogens with zero attached hydrogens (tertiary/aromatic N) is 3. The number of unbranched alkanes of at least 4 members (excludes halogenated alkanes) is 13. The third-order valence-corrected chi connectivity index (χ3v) is 21.2. The van der Waals surface area contributed by atoms with E-state index in [0.29, 0.717) is 39.6 Å². The molecule has 13 amide bonds. The number of phenols is 2. The molecule has 10 atom stereocenters. The van der Waals surface area contributed by atoms with Crippen LogP contribution in [0.2, 0.25) is 0 Å². The molecule has 0 aliphatic carbocycles. The number of carboxylic acid groups (broad SMARTS) is 1. The van der Waals surface area contributed by atoms with E-state index in [-0.39, 0.29) is 132 Å². The highest BCUT2D eigenvalue weighted by molar-refractivity contribution is 5.99. The number of carbonyl (C=O) groups is 14. The number of aliphatic hydroxyl groups is 1. The summed E-state index contributed by atoms with van der Waals surface area (Å²) in [4.78, 5) is 196. The lowest BCUT2D eigenvalue weighted by Gasteiger charge is -2.27. The van der Waals surface area contributed by atoms with Crippen LogP contribution >= 0.6 is 0 Å². The minimum atomic E-state index is -1.93. The van der Waals surface area contributed by atoms with Crippen molar-refractivity contribution in [1.82, 2.24) is 83.8 Å². The number of phenolic OH excluding ortho intramolecular Hbond substituents is 2. The van der Waals surface area contributed by atoms with Crippen LogP contribution in [-0.2, 0) is 99.4 Å². The van der Waals surface area contributed by atoms with E-state index in [4.69, 9.17) is 22.6 Å². The van der Waals surface area contributed by atoms with Gasteiger partial charge in [-0.2, -0.15) is 0 Å². The predicted octanol–water partition coefficient (Wildman–Crippen LogP) is 2.98. The van der Waals surface area contributed by atoms with Gasteiger partial charge in [-0.05, 0) is 110 Å². The van der Waals surface area contributed by atoms with E-state index in [1.165, 1.54) is 106 Å². The Kier molecular flexibility index (Phi) is 44.8. The maximum Gasteiger partial charge on any atom is 0.326 e. The molecule has 692 valence electrons. The van der Waals surface area contributed by atoms with E-state index in [0.717, 1.165) is 25.7 Å². The number of rotatable bonds is 61. The Labute approximate surface area is 738 Å². The number of fused-ring (bicyclic) bond motifs is 1. The molecule has 6 aromatic rings. The number of amides is 13. The second-order valence-corrected chi connectivity index (χ2v) is 32.3. The van der Waals surface area contributed by atoms with Crippen LogP contribution in [0, 0.1) is 11.3 Å². The van der Waals surface area contributed by atoms with Gasteiger partial charge in [0, 0.05) is 75.6 Å². The highest BCUT2D eigenvalue weighted by Gasteiger charge is 2.37. The van der Waals surface area contributed by atoms with E-state index in [1.54, 1.807) is 72.9 Å². The number of hydrogen-bond acceptors (Lipinski definition) is 20. The van der Waals surface area contributed by atoms with Crippen LogP contribution in [0.3, 0.4) is 0 Å². The number of primary amides is 2. The lowest BCUT2D eigenvalue weighted by molar-refractivity contribution is -0.142. The summed E-state index contributed by atoms with van der Waals surface area (Å²) in [6, 6.07) is 12.4. The van der Waals surface area contributed by atoms with Crippen molar-refractivity contribution >= 4 is 99.6 Å². The third-order valence-electron chi connectivity index (χ3n) is 21.2. The zero-order valence-corrected chi connectivity index (χ0v) is 72.8. The molecule has 0 saturated carbocycles. The number of aromatic hydroxyl groups is 2. The maximum atomic E-state index is 15.0. The number of aliphatic carboxylic acids is 1. The SMILES string of the molecule is CCCCCCCCCCCCCCCC(=O)N[C@@H](CCC(=O)NCCCC[C@H](NC(=O)[C@H](Cc1ccc(O)cc1)NC(C)=O)C(=O)N[C@@H](Cc1c[nH]c2ccccc12)C(=O)N[C@@H](CC(N)=O)C(=O)N[C@@H](CO)C(=O)N[C@@H](Cc1ccccc1)C(=O)NCc1cn([C@@H](CC(C)C)C(=O)N[C@@H](CCCNC(=N)N)C(=O)N[C@@H](Cc2ccc(O)cc2)C(N)=O)nn1)C(=O)O. The molecular formula is C89H128N20O18. The Morgan fingerprint density at radius 3 is 1.50 bits per heavy atom. The Hall–Kier alpha value is -13.0. The van der Waals surface area contributed by atoms with E-state index in [1.807, 2.05) is 13.8 Å². The number of H-pyrrole nitrogens is 1. The van der Waals surface area contributed by atoms with Crippen LogP contribution in [0.5, 0.6) is 11.5 Å². The molecule has 0 bridgehead atoms. The molecule has 38 nitrogen and oxygen atoms in total. The molecule has 38 heteroatoms. The molecule has 0 aliphatic heterocycles. The fourth-order valence-corrected chi connectivity index (χ4v) is 14.3. The molecule has 0 unspecified atom stereocenters. The van der Waals surface area contributed by atoms with E-state index < -0.39 is 156 Å². The molecule has 0 radical (unpaired) electrons. The number of carbonyl (C=O) groups excluding carboxylic acids is 13. The average Bonchev–Trinajstić information content (AvgIpc) is 1.69. The van der Waals surface area contributed by atoms with Gasteiger partial charge in [-0.25, -0.2) is 9.48 Å². The topological polar surface area (TPSA) is 613 Å². The minimum absolute atomic E-state index is 0.000982. The van der Waals surface area contributed by atoms with Gasteiger partial charge in [-0.3, -0.25) is 67.7 Å². The van der Waals surface area contributed by atoms with E-state index >= 15 is 9.59 Å². The predicted molar refractivity (Wildman–Crippen MR) is 472 cm³/mol. The lowest BCUT2D eigenvalue weighted by atomic mass is 10.0. The maximum absolute atomic E-state index is 15.0. The first kappa shape index (κ1) is 103. The first-order valence-electron chi connectivity index (χ1n) is 43.6. The van der Waals surface area contributed by atoms with Crippen LogP contribution in [0.1, 0.15) is 209 Å². The summed E-state index contributed by atoms with van der Waals surface area (Å²) in [5, 5.41) is 88.6. The lowest BCUT2D eigenvalue weighted by Crippen LogP contribution is -2.61. The number of aliphatic hydroxyl groups excluding tert-OH is 1. The zero-order valence-electron chi connectivity index (χ0n) is 72.8. The van der Waals surface area contributed by atoms with Gasteiger partial charge in [0.05, 0.1) is 25.8 Å². The van der Waals surface area contributed by atoms with Crippen LogP contribution in [0.15, 0.2) is 116 Å². The summed E-state index contributed by atoms with van der Waals surface area (Å²) in [5.74, 6) is -13.0. The normalized spacial score (nSPS) is 13.5. The van der Waals surface area contributed by atoms with Crippen molar-refractivity contribution in [2.24, 2.45) is 23.1 Å². The summed E-state index contributed by atoms with van der Waals surface area (Å²) in [7, 11) is 0. The fourth-order valence-electron chi connectivity index (χ4n) is 14.3. The summed E-state index contributed by atoms with van der Waals surface area (Å²) < 4.78 is 1.24. The first-order valence-corrected chi connectivity index (χ1v) is 43.6. The van der Waals surface area contributed by atoms with Gasteiger partial charge >= 0.3 is 5.97 Å². The molecule has 4 aromatic carbocycles. The third kappa shape index (κ3) is 38.5. The summed E-state index contributed by atoms with van der Waals surface area (Å²) in [5.41, 5.74) is 19.7. The summed E-state index contributed by atoms with van der Waals surface area (Å²) >= 11 is 0.